The van der Waals surface area contributed by atoms with Gasteiger partial charge in [-0.2, -0.15) is 0 Å². The van der Waals surface area contributed by atoms with E-state index >= 15 is 0 Å². The number of alkyl halides is 2. The van der Waals surface area contributed by atoms with E-state index in [0.29, 0.717) is 20.3 Å². The standard InChI is InChI=1S/C14H13Cl2P/c15-9-11-1-5-13(6-2-11)17-14-7-3-12(10-16)4-8-14/h1-8,17H,9-10H2. The Labute approximate surface area is 114 Å². The summed E-state index contributed by atoms with van der Waals surface area (Å²) in [7, 11) is 0.686. The van der Waals surface area contributed by atoms with Crippen LogP contribution in [0.1, 0.15) is 11.1 Å². The van der Waals surface area contributed by atoms with Crippen LogP contribution in [0.25, 0.3) is 0 Å². The third-order valence-electron chi connectivity index (χ3n) is 2.51. The Morgan fingerprint density at radius 3 is 1.29 bits per heavy atom. The van der Waals surface area contributed by atoms with Crippen molar-refractivity contribution in [2.45, 2.75) is 11.8 Å². The topological polar surface area (TPSA) is 0 Å². The van der Waals surface area contributed by atoms with E-state index in [2.05, 4.69) is 48.5 Å². The van der Waals surface area contributed by atoms with Gasteiger partial charge in [0.15, 0.2) is 0 Å². The van der Waals surface area contributed by atoms with Crippen molar-refractivity contribution in [3.63, 3.8) is 0 Å². The van der Waals surface area contributed by atoms with E-state index in [1.165, 1.54) is 10.6 Å². The van der Waals surface area contributed by atoms with Crippen LogP contribution >= 0.6 is 31.8 Å². The van der Waals surface area contributed by atoms with Gasteiger partial charge >= 0.3 is 0 Å². The van der Waals surface area contributed by atoms with Crippen LogP contribution in [0.2, 0.25) is 0 Å². The van der Waals surface area contributed by atoms with Crippen LogP contribution in [0, 0.1) is 0 Å². The molecule has 88 valence electrons. The summed E-state index contributed by atoms with van der Waals surface area (Å²) in [6.45, 7) is 0. The summed E-state index contributed by atoms with van der Waals surface area (Å²) in [5.41, 5.74) is 2.33. The lowest BCUT2D eigenvalue weighted by Gasteiger charge is -2.04. The normalized spacial score (nSPS) is 10.5. The van der Waals surface area contributed by atoms with Crippen LogP contribution < -0.4 is 10.6 Å². The summed E-state index contributed by atoms with van der Waals surface area (Å²) >= 11 is 11.5. The van der Waals surface area contributed by atoms with Crippen molar-refractivity contribution in [3.05, 3.63) is 59.7 Å². The molecule has 0 saturated heterocycles. The first kappa shape index (κ1) is 12.9. The number of hydrogen-bond acceptors (Lipinski definition) is 0. The summed E-state index contributed by atoms with van der Waals surface area (Å²) in [4.78, 5) is 0. The molecule has 0 radical (unpaired) electrons. The van der Waals surface area contributed by atoms with Gasteiger partial charge in [0.25, 0.3) is 0 Å². The molecule has 3 heteroatoms. The van der Waals surface area contributed by atoms with Crippen molar-refractivity contribution >= 4 is 42.4 Å². The minimum atomic E-state index is 0.577. The molecular formula is C14H13Cl2P. The zero-order valence-electron chi connectivity index (χ0n) is 9.29. The number of halogens is 2. The van der Waals surface area contributed by atoms with Crippen molar-refractivity contribution in [2.75, 3.05) is 0 Å². The van der Waals surface area contributed by atoms with Gasteiger partial charge in [-0.05, 0) is 21.7 Å². The second kappa shape index (κ2) is 6.40. The maximum atomic E-state index is 5.76. The molecule has 0 aromatic heterocycles. The molecule has 0 N–H and O–H groups in total. The van der Waals surface area contributed by atoms with Gasteiger partial charge in [0, 0.05) is 11.8 Å². The minimum absolute atomic E-state index is 0.577. The molecule has 0 spiro atoms. The second-order valence-electron chi connectivity index (χ2n) is 3.79. The highest BCUT2D eigenvalue weighted by atomic mass is 35.5. The molecule has 17 heavy (non-hydrogen) atoms. The summed E-state index contributed by atoms with van der Waals surface area (Å²) in [6, 6.07) is 16.9. The molecule has 0 unspecified atom stereocenters. The van der Waals surface area contributed by atoms with E-state index in [9.17, 15) is 0 Å². The SMILES string of the molecule is ClCc1ccc(Pc2ccc(CCl)cc2)cc1. The molecule has 0 aliphatic carbocycles. The molecule has 0 saturated carbocycles. The Morgan fingerprint density at radius 2 is 1.00 bits per heavy atom. The molecule has 0 aliphatic rings. The first-order valence-electron chi connectivity index (χ1n) is 5.38. The van der Waals surface area contributed by atoms with E-state index in [0.717, 1.165) is 11.1 Å². The molecule has 2 rings (SSSR count). The maximum absolute atomic E-state index is 5.76. The van der Waals surface area contributed by atoms with Gasteiger partial charge in [-0.15, -0.1) is 23.2 Å². The number of rotatable bonds is 4. The van der Waals surface area contributed by atoms with Crippen molar-refractivity contribution in [1.29, 1.82) is 0 Å². The molecule has 0 nitrogen and oxygen atoms in total. The lowest BCUT2D eigenvalue weighted by molar-refractivity contribution is 1.41. The summed E-state index contributed by atoms with van der Waals surface area (Å²) in [5, 5.41) is 2.66. The highest BCUT2D eigenvalue weighted by Crippen LogP contribution is 2.13. The molecule has 0 heterocycles. The lowest BCUT2D eigenvalue weighted by Crippen LogP contribution is -2.03. The fraction of sp³-hybridized carbons (Fsp3) is 0.143. The Morgan fingerprint density at radius 1 is 0.647 bits per heavy atom. The predicted octanol–water partition coefficient (Wildman–Crippen LogP) is 3.79. The van der Waals surface area contributed by atoms with Crippen LogP contribution in [0.3, 0.4) is 0 Å². The van der Waals surface area contributed by atoms with Crippen LogP contribution in [-0.2, 0) is 11.8 Å². The third kappa shape index (κ3) is 3.71. The molecule has 0 aliphatic heterocycles. The van der Waals surface area contributed by atoms with Gasteiger partial charge in [0.2, 0.25) is 0 Å². The third-order valence-corrected chi connectivity index (χ3v) is 4.37. The zero-order valence-corrected chi connectivity index (χ0v) is 11.8. The van der Waals surface area contributed by atoms with Gasteiger partial charge < -0.3 is 0 Å². The Balaban J connectivity index is 2.08. The molecule has 0 bridgehead atoms. The quantitative estimate of drug-likeness (QED) is 0.591. The van der Waals surface area contributed by atoms with Crippen molar-refractivity contribution in [1.82, 2.24) is 0 Å². The monoisotopic (exact) mass is 282 g/mol. The van der Waals surface area contributed by atoms with Gasteiger partial charge in [-0.1, -0.05) is 57.1 Å². The molecule has 0 amide bonds. The average Bonchev–Trinajstić information content (AvgIpc) is 2.40. The lowest BCUT2D eigenvalue weighted by atomic mass is 10.2. The van der Waals surface area contributed by atoms with E-state index in [1.54, 1.807) is 0 Å². The highest BCUT2D eigenvalue weighted by molar-refractivity contribution is 7.55. The fourth-order valence-corrected chi connectivity index (χ4v) is 2.88. The predicted molar refractivity (Wildman–Crippen MR) is 79.6 cm³/mol. The van der Waals surface area contributed by atoms with Crippen LogP contribution in [0.15, 0.2) is 48.5 Å². The summed E-state index contributed by atoms with van der Waals surface area (Å²) in [6.07, 6.45) is 0. The maximum Gasteiger partial charge on any atom is 0.0474 e. The Kier molecular flexibility index (Phi) is 4.86. The fourth-order valence-electron chi connectivity index (χ4n) is 1.52. The zero-order chi connectivity index (χ0) is 12.1. The molecular weight excluding hydrogens is 270 g/mol. The van der Waals surface area contributed by atoms with Gasteiger partial charge in [0.05, 0.1) is 0 Å². The van der Waals surface area contributed by atoms with Crippen molar-refractivity contribution in [3.8, 4) is 0 Å². The summed E-state index contributed by atoms with van der Waals surface area (Å²) < 4.78 is 0. The van der Waals surface area contributed by atoms with Gasteiger partial charge in [-0.25, -0.2) is 0 Å². The minimum Gasteiger partial charge on any atom is -0.122 e. The van der Waals surface area contributed by atoms with E-state index in [4.69, 9.17) is 23.2 Å². The van der Waals surface area contributed by atoms with Crippen LogP contribution in [-0.4, -0.2) is 0 Å². The van der Waals surface area contributed by atoms with Crippen LogP contribution in [0.4, 0.5) is 0 Å². The Bertz CT molecular complexity index is 417. The highest BCUT2D eigenvalue weighted by Gasteiger charge is 1.97. The van der Waals surface area contributed by atoms with Gasteiger partial charge in [0.1, 0.15) is 0 Å². The first-order chi connectivity index (χ1) is 8.31. The molecule has 0 atom stereocenters. The molecule has 2 aromatic carbocycles. The molecule has 0 fully saturated rings. The van der Waals surface area contributed by atoms with E-state index in [-0.39, 0.29) is 0 Å². The number of hydrogen-bond donors (Lipinski definition) is 0. The second-order valence-corrected chi connectivity index (χ2v) is 5.73. The van der Waals surface area contributed by atoms with E-state index < -0.39 is 0 Å². The first-order valence-corrected chi connectivity index (χ1v) is 7.45. The van der Waals surface area contributed by atoms with Crippen molar-refractivity contribution in [2.24, 2.45) is 0 Å². The number of benzene rings is 2. The van der Waals surface area contributed by atoms with Crippen LogP contribution in [0.5, 0.6) is 0 Å². The summed E-state index contributed by atoms with van der Waals surface area (Å²) in [5.74, 6) is 1.15. The smallest absolute Gasteiger partial charge is 0.0474 e. The van der Waals surface area contributed by atoms with E-state index in [1.807, 2.05) is 0 Å². The average molecular weight is 283 g/mol. The Hall–Kier alpha value is -0.550. The van der Waals surface area contributed by atoms with Gasteiger partial charge in [-0.3, -0.25) is 0 Å². The van der Waals surface area contributed by atoms with Crippen molar-refractivity contribution < 1.29 is 0 Å². The molecule has 2 aromatic rings. The largest absolute Gasteiger partial charge is 0.122 e.